The van der Waals surface area contributed by atoms with Crippen LogP contribution in [0.25, 0.3) is 11.0 Å². The first-order valence-electron chi connectivity index (χ1n) is 6.74. The Morgan fingerprint density at radius 3 is 2.67 bits per heavy atom. The summed E-state index contributed by atoms with van der Waals surface area (Å²) in [5, 5.41) is 0.703. The quantitative estimate of drug-likeness (QED) is 0.781. The third kappa shape index (κ3) is 2.54. The molecule has 2 nitrogen and oxygen atoms in total. The Hall–Kier alpha value is -2.20. The molecule has 4 heteroatoms. The lowest BCUT2D eigenvalue weighted by Gasteiger charge is -2.10. The van der Waals surface area contributed by atoms with Gasteiger partial charge < -0.3 is 10.2 Å². The first-order chi connectivity index (χ1) is 10.1. The molecule has 2 N–H and O–H groups in total. The molecule has 0 saturated heterocycles. The molecule has 0 aliphatic rings. The third-order valence-corrected chi connectivity index (χ3v) is 3.67. The van der Waals surface area contributed by atoms with Crippen LogP contribution in [0.3, 0.4) is 0 Å². The Balaban J connectivity index is 1.96. The van der Waals surface area contributed by atoms with Crippen molar-refractivity contribution in [3.63, 3.8) is 0 Å². The van der Waals surface area contributed by atoms with Gasteiger partial charge in [0, 0.05) is 10.9 Å². The van der Waals surface area contributed by atoms with E-state index in [0.29, 0.717) is 28.7 Å². The van der Waals surface area contributed by atoms with E-state index in [4.69, 9.17) is 10.2 Å². The molecule has 0 saturated carbocycles. The van der Waals surface area contributed by atoms with Gasteiger partial charge in [-0.05, 0) is 43.2 Å². The van der Waals surface area contributed by atoms with E-state index in [0.717, 1.165) is 5.56 Å². The predicted molar refractivity (Wildman–Crippen MR) is 77.9 cm³/mol. The minimum atomic E-state index is -0.475. The zero-order valence-corrected chi connectivity index (χ0v) is 11.6. The molecule has 1 unspecified atom stereocenters. The molecule has 1 atom stereocenters. The zero-order chi connectivity index (χ0) is 15.0. The summed E-state index contributed by atoms with van der Waals surface area (Å²) in [6.45, 7) is 1.84. The summed E-state index contributed by atoms with van der Waals surface area (Å²) >= 11 is 0. The second-order valence-electron chi connectivity index (χ2n) is 5.13. The lowest BCUT2D eigenvalue weighted by molar-refractivity contribution is 0.483. The number of hydrogen-bond acceptors (Lipinski definition) is 2. The van der Waals surface area contributed by atoms with Crippen molar-refractivity contribution >= 4 is 11.0 Å². The Labute approximate surface area is 121 Å². The van der Waals surface area contributed by atoms with Crippen LogP contribution in [0.15, 0.2) is 46.9 Å². The summed E-state index contributed by atoms with van der Waals surface area (Å²) in [7, 11) is 0. The van der Waals surface area contributed by atoms with E-state index in [1.54, 1.807) is 24.3 Å². The van der Waals surface area contributed by atoms with Crippen molar-refractivity contribution in [1.82, 2.24) is 0 Å². The molecule has 3 aromatic rings. The summed E-state index contributed by atoms with van der Waals surface area (Å²) in [4.78, 5) is 0. The number of furan rings is 1. The van der Waals surface area contributed by atoms with Gasteiger partial charge in [0.25, 0.3) is 0 Å². The van der Waals surface area contributed by atoms with E-state index < -0.39 is 6.04 Å². The lowest BCUT2D eigenvalue weighted by atomic mass is 10.0. The summed E-state index contributed by atoms with van der Waals surface area (Å²) < 4.78 is 32.7. The van der Waals surface area contributed by atoms with Gasteiger partial charge in [-0.3, -0.25) is 0 Å². The topological polar surface area (TPSA) is 39.2 Å². The standard InChI is InChI=1S/C17H15F2NO/c1-10-13-9-12(18)6-7-16(13)21-17(10)15(20)8-11-4-2-3-5-14(11)19/h2-7,9,15H,8,20H2,1H3. The Bertz CT molecular complexity index is 795. The second-order valence-corrected chi connectivity index (χ2v) is 5.13. The third-order valence-electron chi connectivity index (χ3n) is 3.67. The Morgan fingerprint density at radius 2 is 1.90 bits per heavy atom. The summed E-state index contributed by atoms with van der Waals surface area (Å²) in [5.74, 6) is -0.0350. The van der Waals surface area contributed by atoms with Crippen LogP contribution in [0.2, 0.25) is 0 Å². The van der Waals surface area contributed by atoms with E-state index in [1.165, 1.54) is 18.2 Å². The SMILES string of the molecule is Cc1c(C(N)Cc2ccccc2F)oc2ccc(F)cc12. The van der Waals surface area contributed by atoms with E-state index >= 15 is 0 Å². The van der Waals surface area contributed by atoms with E-state index in [1.807, 2.05) is 6.92 Å². The second kappa shape index (κ2) is 5.30. The highest BCUT2D eigenvalue weighted by Crippen LogP contribution is 2.30. The minimum absolute atomic E-state index is 0.284. The van der Waals surface area contributed by atoms with Crippen LogP contribution >= 0.6 is 0 Å². The summed E-state index contributed by atoms with van der Waals surface area (Å²) in [5.41, 5.74) is 8.07. The van der Waals surface area contributed by atoms with Crippen LogP contribution in [0.4, 0.5) is 8.78 Å². The van der Waals surface area contributed by atoms with Crippen molar-refractivity contribution < 1.29 is 13.2 Å². The maximum atomic E-state index is 13.7. The molecule has 0 amide bonds. The van der Waals surface area contributed by atoms with Crippen LogP contribution in [-0.2, 0) is 6.42 Å². The van der Waals surface area contributed by atoms with Crippen molar-refractivity contribution in [2.75, 3.05) is 0 Å². The zero-order valence-electron chi connectivity index (χ0n) is 11.6. The summed E-state index contributed by atoms with van der Waals surface area (Å²) in [6.07, 6.45) is 0.329. The molecule has 0 aliphatic heterocycles. The molecule has 3 rings (SSSR count). The van der Waals surface area contributed by atoms with E-state index in [9.17, 15) is 8.78 Å². The fourth-order valence-electron chi connectivity index (χ4n) is 2.56. The van der Waals surface area contributed by atoms with Gasteiger partial charge in [0.15, 0.2) is 0 Å². The summed E-state index contributed by atoms with van der Waals surface area (Å²) in [6, 6.07) is 10.4. The van der Waals surface area contributed by atoms with Crippen molar-refractivity contribution in [3.05, 3.63) is 71.0 Å². The molecule has 1 heterocycles. The number of rotatable bonds is 3. The monoisotopic (exact) mass is 287 g/mol. The van der Waals surface area contributed by atoms with E-state index in [-0.39, 0.29) is 11.6 Å². The van der Waals surface area contributed by atoms with Crippen LogP contribution < -0.4 is 5.73 Å². The van der Waals surface area contributed by atoms with Crippen LogP contribution in [0.1, 0.15) is 22.9 Å². The van der Waals surface area contributed by atoms with Crippen molar-refractivity contribution in [2.24, 2.45) is 5.73 Å². The van der Waals surface area contributed by atoms with Gasteiger partial charge in [-0.25, -0.2) is 8.78 Å². The molecule has 0 radical (unpaired) electrons. The largest absolute Gasteiger partial charge is 0.459 e. The normalized spacial score (nSPS) is 12.8. The number of benzene rings is 2. The van der Waals surface area contributed by atoms with Gasteiger partial charge >= 0.3 is 0 Å². The molecule has 0 fully saturated rings. The van der Waals surface area contributed by atoms with Gasteiger partial charge in [-0.2, -0.15) is 0 Å². The first-order valence-corrected chi connectivity index (χ1v) is 6.74. The molecule has 2 aromatic carbocycles. The van der Waals surface area contributed by atoms with Crippen LogP contribution in [0, 0.1) is 18.6 Å². The molecule has 0 aliphatic carbocycles. The number of nitrogens with two attached hydrogens (primary N) is 1. The molecule has 0 spiro atoms. The van der Waals surface area contributed by atoms with Gasteiger partial charge in [0.2, 0.25) is 0 Å². The molecular formula is C17H15F2NO. The molecule has 0 bridgehead atoms. The average Bonchev–Trinajstić information content (AvgIpc) is 2.79. The van der Waals surface area contributed by atoms with Crippen molar-refractivity contribution in [2.45, 2.75) is 19.4 Å². The Morgan fingerprint density at radius 1 is 1.14 bits per heavy atom. The highest BCUT2D eigenvalue weighted by Gasteiger charge is 2.19. The van der Waals surface area contributed by atoms with Gasteiger partial charge in [0.1, 0.15) is 23.0 Å². The highest BCUT2D eigenvalue weighted by atomic mass is 19.1. The minimum Gasteiger partial charge on any atom is -0.459 e. The number of aryl methyl sites for hydroxylation is 1. The fraction of sp³-hybridized carbons (Fsp3) is 0.176. The lowest BCUT2D eigenvalue weighted by Crippen LogP contribution is -2.14. The predicted octanol–water partition coefficient (Wildman–Crippen LogP) is 4.26. The molecule has 108 valence electrons. The molecule has 1 aromatic heterocycles. The Kier molecular flexibility index (Phi) is 3.47. The maximum absolute atomic E-state index is 13.7. The number of hydrogen-bond donors (Lipinski definition) is 1. The fourth-order valence-corrected chi connectivity index (χ4v) is 2.56. The molecule has 21 heavy (non-hydrogen) atoms. The van der Waals surface area contributed by atoms with E-state index in [2.05, 4.69) is 0 Å². The van der Waals surface area contributed by atoms with Crippen LogP contribution in [-0.4, -0.2) is 0 Å². The highest BCUT2D eigenvalue weighted by molar-refractivity contribution is 5.82. The number of fused-ring (bicyclic) bond motifs is 1. The average molecular weight is 287 g/mol. The van der Waals surface area contributed by atoms with Gasteiger partial charge in [-0.15, -0.1) is 0 Å². The number of halogens is 2. The van der Waals surface area contributed by atoms with Crippen molar-refractivity contribution in [3.8, 4) is 0 Å². The first kappa shape index (κ1) is 13.8. The maximum Gasteiger partial charge on any atom is 0.134 e. The van der Waals surface area contributed by atoms with Crippen LogP contribution in [0.5, 0.6) is 0 Å². The molecular weight excluding hydrogens is 272 g/mol. The smallest absolute Gasteiger partial charge is 0.134 e. The van der Waals surface area contributed by atoms with Gasteiger partial charge in [-0.1, -0.05) is 18.2 Å². The van der Waals surface area contributed by atoms with Gasteiger partial charge in [0.05, 0.1) is 6.04 Å². The van der Waals surface area contributed by atoms with Crippen molar-refractivity contribution in [1.29, 1.82) is 0 Å².